The van der Waals surface area contributed by atoms with E-state index >= 15 is 0 Å². The highest BCUT2D eigenvalue weighted by atomic mass is 127. The minimum absolute atomic E-state index is 0. The molecule has 0 aliphatic rings. The van der Waals surface area contributed by atoms with Crippen LogP contribution in [-0.2, 0) is 12.7 Å². The topological polar surface area (TPSA) is 52.6 Å². The molecule has 0 bridgehead atoms. The molecule has 146 valence electrons. The van der Waals surface area contributed by atoms with Crippen molar-refractivity contribution in [2.75, 3.05) is 33.7 Å². The summed E-state index contributed by atoms with van der Waals surface area (Å²) in [5.74, 6) is 0.577. The van der Waals surface area contributed by atoms with Crippen molar-refractivity contribution in [2.45, 2.75) is 33.5 Å². The van der Waals surface area contributed by atoms with Gasteiger partial charge in [-0.1, -0.05) is 13.8 Å². The van der Waals surface area contributed by atoms with Crippen molar-refractivity contribution in [3.63, 3.8) is 0 Å². The standard InChI is InChI=1S/C15H26F3N5S.HI/c1-6-19-13(21-9-14(2,3)10-23(4)5)20-7-12-22-11(8-24-12)15(16,17)18;/h8H,6-7,9-10H2,1-5H3,(H2,19,20,21);1H. The van der Waals surface area contributed by atoms with Crippen molar-refractivity contribution >= 4 is 41.3 Å². The SMILES string of the molecule is CCNC(=NCc1nc(C(F)(F)F)cs1)NCC(C)(C)CN(C)C.I. The van der Waals surface area contributed by atoms with E-state index in [1.807, 2.05) is 21.0 Å². The van der Waals surface area contributed by atoms with Gasteiger partial charge >= 0.3 is 6.18 Å². The van der Waals surface area contributed by atoms with Crippen molar-refractivity contribution in [1.82, 2.24) is 20.5 Å². The largest absolute Gasteiger partial charge is 0.434 e. The van der Waals surface area contributed by atoms with E-state index in [2.05, 4.69) is 39.4 Å². The number of nitrogens with zero attached hydrogens (tertiary/aromatic N) is 3. The Labute approximate surface area is 168 Å². The molecular formula is C15H27F3IN5S. The van der Waals surface area contributed by atoms with Gasteiger partial charge in [0.1, 0.15) is 5.01 Å². The average molecular weight is 493 g/mol. The second kappa shape index (κ2) is 10.5. The number of alkyl halides is 3. The lowest BCUT2D eigenvalue weighted by Crippen LogP contribution is -2.44. The molecule has 1 aromatic rings. The van der Waals surface area contributed by atoms with Gasteiger partial charge < -0.3 is 15.5 Å². The van der Waals surface area contributed by atoms with Crippen LogP contribution in [0.1, 0.15) is 31.5 Å². The molecular weight excluding hydrogens is 466 g/mol. The van der Waals surface area contributed by atoms with Crippen LogP contribution in [0, 0.1) is 5.41 Å². The number of thiazole rings is 1. The highest BCUT2D eigenvalue weighted by Crippen LogP contribution is 2.30. The molecule has 0 aliphatic carbocycles. The molecule has 0 unspecified atom stereocenters. The van der Waals surface area contributed by atoms with Gasteiger partial charge in [-0.15, -0.1) is 35.3 Å². The third kappa shape index (κ3) is 9.59. The molecule has 0 saturated heterocycles. The van der Waals surface area contributed by atoms with E-state index in [0.29, 0.717) is 24.1 Å². The highest BCUT2D eigenvalue weighted by molar-refractivity contribution is 14.0. The summed E-state index contributed by atoms with van der Waals surface area (Å²) < 4.78 is 37.7. The monoisotopic (exact) mass is 493 g/mol. The van der Waals surface area contributed by atoms with Gasteiger partial charge in [-0.25, -0.2) is 9.98 Å². The molecule has 1 heterocycles. The summed E-state index contributed by atoms with van der Waals surface area (Å²) in [7, 11) is 4.03. The Bertz CT molecular complexity index is 544. The molecule has 5 nitrogen and oxygen atoms in total. The van der Waals surface area contributed by atoms with E-state index < -0.39 is 11.9 Å². The Morgan fingerprint density at radius 1 is 1.28 bits per heavy atom. The molecule has 0 amide bonds. The molecule has 1 rings (SSSR count). The van der Waals surface area contributed by atoms with Crippen LogP contribution in [0.15, 0.2) is 10.4 Å². The molecule has 1 aromatic heterocycles. The van der Waals surface area contributed by atoms with Gasteiger partial charge in [-0.2, -0.15) is 13.2 Å². The third-order valence-electron chi connectivity index (χ3n) is 3.04. The van der Waals surface area contributed by atoms with Gasteiger partial charge in [0.05, 0.1) is 6.54 Å². The zero-order valence-electron chi connectivity index (χ0n) is 15.2. The minimum Gasteiger partial charge on any atom is -0.357 e. The van der Waals surface area contributed by atoms with Crippen molar-refractivity contribution in [2.24, 2.45) is 10.4 Å². The first kappa shape index (κ1) is 24.4. The number of aliphatic imine (C=N–C) groups is 1. The van der Waals surface area contributed by atoms with Crippen LogP contribution in [0.5, 0.6) is 0 Å². The average Bonchev–Trinajstić information content (AvgIpc) is 2.89. The Morgan fingerprint density at radius 3 is 2.40 bits per heavy atom. The van der Waals surface area contributed by atoms with Crippen LogP contribution >= 0.6 is 35.3 Å². The van der Waals surface area contributed by atoms with Gasteiger partial charge in [0.25, 0.3) is 0 Å². The lowest BCUT2D eigenvalue weighted by atomic mass is 9.93. The quantitative estimate of drug-likeness (QED) is 0.348. The molecule has 0 aromatic carbocycles. The predicted molar refractivity (Wildman–Crippen MR) is 108 cm³/mol. The summed E-state index contributed by atoms with van der Waals surface area (Å²) in [4.78, 5) is 10.0. The third-order valence-corrected chi connectivity index (χ3v) is 3.87. The maximum absolute atomic E-state index is 12.6. The summed E-state index contributed by atoms with van der Waals surface area (Å²) in [5.41, 5.74) is -0.826. The van der Waals surface area contributed by atoms with Crippen molar-refractivity contribution in [3.8, 4) is 0 Å². The van der Waals surface area contributed by atoms with E-state index in [9.17, 15) is 13.2 Å². The summed E-state index contributed by atoms with van der Waals surface area (Å²) >= 11 is 0.968. The zero-order chi connectivity index (χ0) is 18.4. The number of halogens is 4. The first-order chi connectivity index (χ1) is 11.0. The number of hydrogen-bond acceptors (Lipinski definition) is 4. The zero-order valence-corrected chi connectivity index (χ0v) is 18.3. The first-order valence-corrected chi connectivity index (χ1v) is 8.60. The Balaban J connectivity index is 0.00000576. The normalized spacial score (nSPS) is 12.9. The Morgan fingerprint density at radius 2 is 1.92 bits per heavy atom. The van der Waals surface area contributed by atoms with E-state index in [0.717, 1.165) is 23.3 Å². The lowest BCUT2D eigenvalue weighted by molar-refractivity contribution is -0.140. The second-order valence-corrected chi connectivity index (χ2v) is 7.52. The molecule has 0 saturated carbocycles. The van der Waals surface area contributed by atoms with Crippen LogP contribution in [0.25, 0.3) is 0 Å². The van der Waals surface area contributed by atoms with E-state index in [1.165, 1.54) is 0 Å². The number of hydrogen-bond donors (Lipinski definition) is 2. The predicted octanol–water partition coefficient (Wildman–Crippen LogP) is 3.42. The fourth-order valence-corrected chi connectivity index (χ4v) is 2.96. The smallest absolute Gasteiger partial charge is 0.357 e. The molecule has 0 radical (unpaired) electrons. The number of nitrogens with one attached hydrogen (secondary N) is 2. The Hall–Kier alpha value is -0.620. The fourth-order valence-electron chi connectivity index (χ4n) is 2.24. The second-order valence-electron chi connectivity index (χ2n) is 6.57. The first-order valence-electron chi connectivity index (χ1n) is 7.72. The molecule has 0 aliphatic heterocycles. The summed E-state index contributed by atoms with van der Waals surface area (Å²) in [6, 6.07) is 0. The van der Waals surface area contributed by atoms with Crippen LogP contribution in [0.4, 0.5) is 13.2 Å². The maximum atomic E-state index is 12.6. The number of rotatable bonds is 7. The number of aromatic nitrogens is 1. The van der Waals surface area contributed by atoms with Gasteiger partial charge in [0.2, 0.25) is 0 Å². The molecule has 0 fully saturated rings. The Kier molecular flexibility index (Phi) is 10.2. The van der Waals surface area contributed by atoms with Crippen molar-refractivity contribution in [1.29, 1.82) is 0 Å². The molecule has 0 atom stereocenters. The molecule has 2 N–H and O–H groups in total. The summed E-state index contributed by atoms with van der Waals surface area (Å²) in [6.07, 6.45) is -4.41. The van der Waals surface area contributed by atoms with Crippen LogP contribution < -0.4 is 10.6 Å². The van der Waals surface area contributed by atoms with E-state index in [4.69, 9.17) is 0 Å². The fraction of sp³-hybridized carbons (Fsp3) is 0.733. The van der Waals surface area contributed by atoms with Gasteiger partial charge in [-0.05, 0) is 26.4 Å². The van der Waals surface area contributed by atoms with Crippen LogP contribution in [-0.4, -0.2) is 49.6 Å². The molecule has 0 spiro atoms. The van der Waals surface area contributed by atoms with Gasteiger partial charge in [-0.3, -0.25) is 0 Å². The van der Waals surface area contributed by atoms with Gasteiger partial charge in [0.15, 0.2) is 11.7 Å². The number of guanidine groups is 1. The van der Waals surface area contributed by atoms with Gasteiger partial charge in [0, 0.05) is 25.0 Å². The van der Waals surface area contributed by atoms with Crippen molar-refractivity contribution in [3.05, 3.63) is 16.1 Å². The molecule has 25 heavy (non-hydrogen) atoms. The minimum atomic E-state index is -4.41. The van der Waals surface area contributed by atoms with Crippen molar-refractivity contribution < 1.29 is 13.2 Å². The van der Waals surface area contributed by atoms with Crippen LogP contribution in [0.3, 0.4) is 0 Å². The lowest BCUT2D eigenvalue weighted by Gasteiger charge is -2.29. The maximum Gasteiger partial charge on any atom is 0.434 e. The van der Waals surface area contributed by atoms with E-state index in [1.54, 1.807) is 0 Å². The van der Waals surface area contributed by atoms with E-state index in [-0.39, 0.29) is 35.9 Å². The summed E-state index contributed by atoms with van der Waals surface area (Å²) in [6.45, 7) is 8.60. The molecule has 10 heteroatoms. The summed E-state index contributed by atoms with van der Waals surface area (Å²) in [5, 5.41) is 7.70. The highest BCUT2D eigenvalue weighted by Gasteiger charge is 2.33. The van der Waals surface area contributed by atoms with Crippen LogP contribution in [0.2, 0.25) is 0 Å².